The van der Waals surface area contributed by atoms with Gasteiger partial charge in [0.1, 0.15) is 5.75 Å². The minimum atomic E-state index is 0.181. The SMILES string of the molecule is CCC(C)NCC(=O)N1CCN(c2ccc(O)cc2)CC1. The van der Waals surface area contributed by atoms with Gasteiger partial charge < -0.3 is 20.2 Å². The highest BCUT2D eigenvalue weighted by Gasteiger charge is 2.21. The fourth-order valence-corrected chi connectivity index (χ4v) is 2.40. The maximum absolute atomic E-state index is 12.1. The monoisotopic (exact) mass is 291 g/mol. The van der Waals surface area contributed by atoms with Crippen LogP contribution in [0.25, 0.3) is 0 Å². The largest absolute Gasteiger partial charge is 0.508 e. The van der Waals surface area contributed by atoms with Crippen molar-refractivity contribution in [2.45, 2.75) is 26.3 Å². The van der Waals surface area contributed by atoms with Gasteiger partial charge in [-0.2, -0.15) is 0 Å². The second-order valence-corrected chi connectivity index (χ2v) is 5.57. The Kier molecular flexibility index (Phi) is 5.44. The van der Waals surface area contributed by atoms with Crippen molar-refractivity contribution in [3.8, 4) is 5.75 Å². The number of hydrogen-bond acceptors (Lipinski definition) is 4. The maximum Gasteiger partial charge on any atom is 0.236 e. The number of hydrogen-bond donors (Lipinski definition) is 2. The van der Waals surface area contributed by atoms with Gasteiger partial charge in [0, 0.05) is 37.9 Å². The second kappa shape index (κ2) is 7.31. The van der Waals surface area contributed by atoms with Crippen LogP contribution in [0.3, 0.4) is 0 Å². The predicted molar refractivity (Wildman–Crippen MR) is 84.7 cm³/mol. The highest BCUT2D eigenvalue weighted by atomic mass is 16.3. The zero-order valence-electron chi connectivity index (χ0n) is 12.9. The van der Waals surface area contributed by atoms with Crippen molar-refractivity contribution >= 4 is 11.6 Å². The third-order valence-electron chi connectivity index (χ3n) is 4.06. The molecule has 5 nitrogen and oxygen atoms in total. The summed E-state index contributed by atoms with van der Waals surface area (Å²) in [6.07, 6.45) is 1.03. The van der Waals surface area contributed by atoms with Crippen LogP contribution in [0, 0.1) is 0 Å². The molecule has 0 saturated carbocycles. The topological polar surface area (TPSA) is 55.8 Å². The van der Waals surface area contributed by atoms with Gasteiger partial charge in [-0.3, -0.25) is 4.79 Å². The van der Waals surface area contributed by atoms with Crippen molar-refractivity contribution in [3.05, 3.63) is 24.3 Å². The molecular weight excluding hydrogens is 266 g/mol. The number of piperazine rings is 1. The number of nitrogens with one attached hydrogen (secondary N) is 1. The van der Waals surface area contributed by atoms with E-state index < -0.39 is 0 Å². The molecule has 0 aromatic heterocycles. The number of nitrogens with zero attached hydrogens (tertiary/aromatic N) is 2. The van der Waals surface area contributed by atoms with Crippen LogP contribution < -0.4 is 10.2 Å². The molecule has 0 bridgehead atoms. The van der Waals surface area contributed by atoms with Gasteiger partial charge in [-0.25, -0.2) is 0 Å². The summed E-state index contributed by atoms with van der Waals surface area (Å²) in [6.45, 7) is 7.80. The van der Waals surface area contributed by atoms with Gasteiger partial charge in [-0.15, -0.1) is 0 Å². The lowest BCUT2D eigenvalue weighted by molar-refractivity contribution is -0.130. The fourth-order valence-electron chi connectivity index (χ4n) is 2.40. The lowest BCUT2D eigenvalue weighted by atomic mass is 10.2. The van der Waals surface area contributed by atoms with Crippen molar-refractivity contribution in [1.29, 1.82) is 0 Å². The van der Waals surface area contributed by atoms with E-state index in [-0.39, 0.29) is 11.7 Å². The van der Waals surface area contributed by atoms with Crippen molar-refractivity contribution in [2.75, 3.05) is 37.6 Å². The Hall–Kier alpha value is -1.75. The molecular formula is C16H25N3O2. The summed E-state index contributed by atoms with van der Waals surface area (Å²) < 4.78 is 0. The molecule has 21 heavy (non-hydrogen) atoms. The maximum atomic E-state index is 12.1. The van der Waals surface area contributed by atoms with Crippen molar-refractivity contribution < 1.29 is 9.90 Å². The molecule has 0 radical (unpaired) electrons. The molecule has 1 unspecified atom stereocenters. The third-order valence-corrected chi connectivity index (χ3v) is 4.06. The van der Waals surface area contributed by atoms with E-state index in [0.29, 0.717) is 12.6 Å². The number of aromatic hydroxyl groups is 1. The van der Waals surface area contributed by atoms with Gasteiger partial charge in [0.15, 0.2) is 0 Å². The Bertz CT molecular complexity index is 453. The van der Waals surface area contributed by atoms with Crippen LogP contribution in [-0.4, -0.2) is 54.7 Å². The molecule has 0 spiro atoms. The molecule has 1 fully saturated rings. The smallest absolute Gasteiger partial charge is 0.236 e. The van der Waals surface area contributed by atoms with Gasteiger partial charge in [0.05, 0.1) is 6.54 Å². The average molecular weight is 291 g/mol. The third kappa shape index (κ3) is 4.36. The molecule has 1 aromatic carbocycles. The van der Waals surface area contributed by atoms with Gasteiger partial charge in [-0.1, -0.05) is 6.92 Å². The molecule has 1 aliphatic rings. The van der Waals surface area contributed by atoms with Gasteiger partial charge in [-0.05, 0) is 37.6 Å². The number of phenols is 1. The summed E-state index contributed by atoms with van der Waals surface area (Å²) in [7, 11) is 0. The van der Waals surface area contributed by atoms with Crippen molar-refractivity contribution in [2.24, 2.45) is 0 Å². The minimum Gasteiger partial charge on any atom is -0.508 e. The van der Waals surface area contributed by atoms with Crippen molar-refractivity contribution in [1.82, 2.24) is 10.2 Å². The first-order chi connectivity index (χ1) is 10.1. The zero-order chi connectivity index (χ0) is 15.2. The van der Waals surface area contributed by atoms with Crippen LogP contribution in [0.2, 0.25) is 0 Å². The molecule has 1 aromatic rings. The number of amides is 1. The molecule has 1 atom stereocenters. The zero-order valence-corrected chi connectivity index (χ0v) is 12.9. The van der Waals surface area contributed by atoms with Crippen LogP contribution in [0.4, 0.5) is 5.69 Å². The van der Waals surface area contributed by atoms with Crippen LogP contribution in [0.15, 0.2) is 24.3 Å². The summed E-state index contributed by atoms with van der Waals surface area (Å²) in [6, 6.07) is 7.60. The molecule has 1 amide bonds. The molecule has 116 valence electrons. The van der Waals surface area contributed by atoms with Gasteiger partial charge in [0.25, 0.3) is 0 Å². The van der Waals surface area contributed by atoms with E-state index in [2.05, 4.69) is 24.1 Å². The Morgan fingerprint density at radius 3 is 2.43 bits per heavy atom. The first-order valence-corrected chi connectivity index (χ1v) is 7.65. The van der Waals surface area contributed by atoms with E-state index in [1.165, 1.54) is 0 Å². The van der Waals surface area contributed by atoms with Crippen LogP contribution in [-0.2, 0) is 4.79 Å². The normalized spacial score (nSPS) is 16.9. The first kappa shape index (κ1) is 15.6. The Labute approximate surface area is 126 Å². The summed E-state index contributed by atoms with van der Waals surface area (Å²) in [5.74, 6) is 0.462. The first-order valence-electron chi connectivity index (χ1n) is 7.65. The number of carbonyl (C=O) groups excluding carboxylic acids is 1. The summed E-state index contributed by atoms with van der Waals surface area (Å²) in [5.41, 5.74) is 1.10. The van der Waals surface area contributed by atoms with E-state index in [1.54, 1.807) is 12.1 Å². The molecule has 1 aliphatic heterocycles. The molecule has 2 N–H and O–H groups in total. The fraction of sp³-hybridized carbons (Fsp3) is 0.562. The van der Waals surface area contributed by atoms with E-state index in [1.807, 2.05) is 17.0 Å². The highest BCUT2D eigenvalue weighted by Crippen LogP contribution is 2.19. The van der Waals surface area contributed by atoms with E-state index in [9.17, 15) is 9.90 Å². The molecule has 5 heteroatoms. The highest BCUT2D eigenvalue weighted by molar-refractivity contribution is 5.78. The number of rotatable bonds is 5. The summed E-state index contributed by atoms with van der Waals surface area (Å²) in [4.78, 5) is 16.3. The summed E-state index contributed by atoms with van der Waals surface area (Å²) >= 11 is 0. The number of anilines is 1. The van der Waals surface area contributed by atoms with Gasteiger partial charge in [0.2, 0.25) is 5.91 Å². The Balaban J connectivity index is 1.80. The molecule has 1 saturated heterocycles. The molecule has 2 rings (SSSR count). The van der Waals surface area contributed by atoms with Crippen LogP contribution in [0.1, 0.15) is 20.3 Å². The van der Waals surface area contributed by atoms with E-state index >= 15 is 0 Å². The van der Waals surface area contributed by atoms with E-state index in [4.69, 9.17) is 0 Å². The van der Waals surface area contributed by atoms with Crippen molar-refractivity contribution in [3.63, 3.8) is 0 Å². The Morgan fingerprint density at radius 1 is 1.24 bits per heavy atom. The molecule has 0 aliphatic carbocycles. The average Bonchev–Trinajstić information content (AvgIpc) is 2.53. The van der Waals surface area contributed by atoms with E-state index in [0.717, 1.165) is 38.3 Å². The molecule has 1 heterocycles. The second-order valence-electron chi connectivity index (χ2n) is 5.57. The number of phenolic OH excluding ortho intramolecular Hbond substituents is 1. The minimum absolute atomic E-state index is 0.181. The standard InChI is InChI=1S/C16H25N3O2/c1-3-13(2)17-12-16(21)19-10-8-18(9-11-19)14-4-6-15(20)7-5-14/h4-7,13,17,20H,3,8-12H2,1-2H3. The Morgan fingerprint density at radius 2 is 1.86 bits per heavy atom. The predicted octanol–water partition coefficient (Wildman–Crippen LogP) is 1.43. The lowest BCUT2D eigenvalue weighted by Crippen LogP contribution is -2.51. The lowest BCUT2D eigenvalue weighted by Gasteiger charge is -2.36. The quantitative estimate of drug-likeness (QED) is 0.862. The van der Waals surface area contributed by atoms with Crippen LogP contribution in [0.5, 0.6) is 5.75 Å². The van der Waals surface area contributed by atoms with Gasteiger partial charge >= 0.3 is 0 Å². The number of carbonyl (C=O) groups is 1. The van der Waals surface area contributed by atoms with Crippen LogP contribution >= 0.6 is 0 Å². The number of benzene rings is 1. The summed E-state index contributed by atoms with van der Waals surface area (Å²) in [5, 5.41) is 12.6.